The Hall–Kier alpha value is -1.45. The van der Waals surface area contributed by atoms with E-state index < -0.39 is 41.8 Å². The van der Waals surface area contributed by atoms with Crippen molar-refractivity contribution < 1.29 is 46.1 Å². The second-order valence-corrected chi connectivity index (χ2v) is 4.86. The van der Waals surface area contributed by atoms with Gasteiger partial charge in [0.05, 0.1) is 12.2 Å². The van der Waals surface area contributed by atoms with Gasteiger partial charge in [0.25, 0.3) is 0 Å². The van der Waals surface area contributed by atoms with Crippen molar-refractivity contribution in [3.8, 4) is 0 Å². The second kappa shape index (κ2) is 6.76. The van der Waals surface area contributed by atoms with Crippen LogP contribution in [0.2, 0.25) is 0 Å². The number of aliphatic hydroxyl groups is 1. The normalized spacial score (nSPS) is 16.9. The van der Waals surface area contributed by atoms with E-state index >= 15 is 0 Å². The van der Waals surface area contributed by atoms with Gasteiger partial charge in [-0.05, 0) is 27.2 Å². The van der Waals surface area contributed by atoms with Crippen molar-refractivity contribution >= 4 is 11.9 Å². The molecule has 0 aromatic rings. The van der Waals surface area contributed by atoms with Crippen molar-refractivity contribution in [1.82, 2.24) is 0 Å². The zero-order chi connectivity index (χ0) is 17.9. The third kappa shape index (κ3) is 3.84. The fourth-order valence-corrected chi connectivity index (χ4v) is 1.20. The Kier molecular flexibility index (Phi) is 6.31. The summed E-state index contributed by atoms with van der Waals surface area (Å²) in [6.45, 7) is 4.93. The molecule has 0 aromatic heterocycles. The molecule has 0 aliphatic carbocycles. The summed E-state index contributed by atoms with van der Waals surface area (Å²) >= 11 is 0. The van der Waals surface area contributed by atoms with Gasteiger partial charge in [-0.3, -0.25) is 0 Å². The van der Waals surface area contributed by atoms with Crippen LogP contribution < -0.4 is 0 Å². The minimum absolute atomic E-state index is 0.0681. The molecule has 0 aromatic carbocycles. The van der Waals surface area contributed by atoms with Crippen molar-refractivity contribution in [1.29, 1.82) is 0 Å². The first-order valence-corrected chi connectivity index (χ1v) is 6.30. The summed E-state index contributed by atoms with van der Waals surface area (Å²) in [6.07, 6.45) is -8.53. The van der Waals surface area contributed by atoms with Crippen molar-refractivity contribution in [2.45, 2.75) is 64.0 Å². The smallest absolute Gasteiger partial charge is 0.457 e. The zero-order valence-electron chi connectivity index (χ0n) is 12.3. The van der Waals surface area contributed by atoms with Crippen molar-refractivity contribution in [2.24, 2.45) is 0 Å². The van der Waals surface area contributed by atoms with E-state index in [-0.39, 0.29) is 6.42 Å². The number of carbonyl (C=O) groups is 2. The first kappa shape index (κ1) is 20.6. The van der Waals surface area contributed by atoms with Crippen LogP contribution in [-0.4, -0.2) is 47.0 Å². The zero-order valence-corrected chi connectivity index (χ0v) is 12.3. The van der Waals surface area contributed by atoms with Gasteiger partial charge in [0.15, 0.2) is 0 Å². The Labute approximate surface area is 123 Å². The SMILES string of the molecule is CCC(C)OC(=O)C(O)(C(=O)OC(C)C)C(F)(F)C(F)(F)F. The molecule has 0 aliphatic heterocycles. The quantitative estimate of drug-likeness (QED) is 0.457. The molecule has 0 heterocycles. The van der Waals surface area contributed by atoms with Crippen LogP contribution in [0.5, 0.6) is 0 Å². The van der Waals surface area contributed by atoms with E-state index in [1.807, 2.05) is 0 Å². The number of esters is 2. The summed E-state index contributed by atoms with van der Waals surface area (Å²) in [4.78, 5) is 23.1. The number of hydrogen-bond acceptors (Lipinski definition) is 5. The summed E-state index contributed by atoms with van der Waals surface area (Å²) in [5.74, 6) is -10.9. The summed E-state index contributed by atoms with van der Waals surface area (Å²) in [5.41, 5.74) is -4.82. The van der Waals surface area contributed by atoms with Gasteiger partial charge in [0.1, 0.15) is 0 Å². The Morgan fingerprint density at radius 1 is 1.00 bits per heavy atom. The molecule has 0 rings (SSSR count). The molecule has 130 valence electrons. The maximum atomic E-state index is 13.5. The van der Waals surface area contributed by atoms with Crippen LogP contribution >= 0.6 is 0 Å². The highest BCUT2D eigenvalue weighted by atomic mass is 19.4. The van der Waals surface area contributed by atoms with Gasteiger partial charge in [-0.25, -0.2) is 9.59 Å². The Bertz CT molecular complexity index is 421. The van der Waals surface area contributed by atoms with Gasteiger partial charge in [0, 0.05) is 0 Å². The van der Waals surface area contributed by atoms with Gasteiger partial charge in [-0.15, -0.1) is 0 Å². The topological polar surface area (TPSA) is 72.8 Å². The van der Waals surface area contributed by atoms with Gasteiger partial charge in [0.2, 0.25) is 0 Å². The average molecular weight is 336 g/mol. The highest BCUT2D eigenvalue weighted by Gasteiger charge is 2.78. The number of rotatable bonds is 6. The fraction of sp³-hybridized carbons (Fsp3) is 0.833. The third-order valence-corrected chi connectivity index (χ3v) is 2.63. The fourth-order valence-electron chi connectivity index (χ4n) is 1.20. The summed E-state index contributed by atoms with van der Waals surface area (Å²) < 4.78 is 72.9. The lowest BCUT2D eigenvalue weighted by Gasteiger charge is -2.33. The number of carbonyl (C=O) groups excluding carboxylic acids is 2. The maximum absolute atomic E-state index is 13.5. The second-order valence-electron chi connectivity index (χ2n) is 4.86. The standard InChI is InChI=1S/C12H17F5O5/c1-5-7(4)22-9(19)10(20,8(18)21-6(2)3)11(13,14)12(15,16)17/h6-7,20H,5H2,1-4H3. The predicted molar refractivity (Wildman–Crippen MR) is 63.0 cm³/mol. The minimum Gasteiger partial charge on any atom is -0.460 e. The molecule has 0 spiro atoms. The molecular formula is C12H17F5O5. The summed E-state index contributed by atoms with van der Waals surface area (Å²) in [6, 6.07) is 0. The highest BCUT2D eigenvalue weighted by Crippen LogP contribution is 2.45. The van der Waals surface area contributed by atoms with Crippen LogP contribution in [0.1, 0.15) is 34.1 Å². The number of halogens is 5. The lowest BCUT2D eigenvalue weighted by Crippen LogP contribution is -2.67. The van der Waals surface area contributed by atoms with Gasteiger partial charge in [-0.1, -0.05) is 6.92 Å². The van der Waals surface area contributed by atoms with E-state index in [1.165, 1.54) is 13.8 Å². The molecule has 0 saturated heterocycles. The Balaban J connectivity index is 5.88. The first-order valence-electron chi connectivity index (χ1n) is 6.30. The molecule has 0 amide bonds. The van der Waals surface area contributed by atoms with E-state index in [0.717, 1.165) is 13.8 Å². The maximum Gasteiger partial charge on any atom is 0.457 e. The lowest BCUT2D eigenvalue weighted by molar-refractivity contribution is -0.334. The molecular weight excluding hydrogens is 319 g/mol. The number of hydrogen-bond donors (Lipinski definition) is 1. The molecule has 5 nitrogen and oxygen atoms in total. The third-order valence-electron chi connectivity index (χ3n) is 2.63. The molecule has 0 saturated carbocycles. The molecule has 0 fully saturated rings. The van der Waals surface area contributed by atoms with Gasteiger partial charge >= 0.3 is 29.6 Å². The molecule has 2 unspecified atom stereocenters. The van der Waals surface area contributed by atoms with Crippen LogP contribution in [0, 0.1) is 0 Å². The first-order chi connectivity index (χ1) is 9.71. The summed E-state index contributed by atoms with van der Waals surface area (Å²) in [7, 11) is 0. The van der Waals surface area contributed by atoms with Crippen molar-refractivity contribution in [3.63, 3.8) is 0 Å². The predicted octanol–water partition coefficient (Wildman–Crippen LogP) is 2.21. The average Bonchev–Trinajstić information content (AvgIpc) is 2.34. The van der Waals surface area contributed by atoms with Crippen LogP contribution in [0.25, 0.3) is 0 Å². The molecule has 1 N–H and O–H groups in total. The van der Waals surface area contributed by atoms with Crippen LogP contribution in [0.15, 0.2) is 0 Å². The highest BCUT2D eigenvalue weighted by molar-refractivity contribution is 6.05. The van der Waals surface area contributed by atoms with Crippen LogP contribution in [0.4, 0.5) is 22.0 Å². The molecule has 0 bridgehead atoms. The molecule has 22 heavy (non-hydrogen) atoms. The van der Waals surface area contributed by atoms with Crippen molar-refractivity contribution in [3.05, 3.63) is 0 Å². The van der Waals surface area contributed by atoms with E-state index in [1.54, 1.807) is 0 Å². The molecule has 0 radical (unpaired) electrons. The molecule has 0 aliphatic rings. The Morgan fingerprint density at radius 3 is 1.73 bits per heavy atom. The van der Waals surface area contributed by atoms with E-state index in [2.05, 4.69) is 9.47 Å². The number of alkyl halides is 5. The van der Waals surface area contributed by atoms with Gasteiger partial charge < -0.3 is 14.6 Å². The van der Waals surface area contributed by atoms with E-state index in [4.69, 9.17) is 0 Å². The largest absolute Gasteiger partial charge is 0.460 e. The monoisotopic (exact) mass is 336 g/mol. The van der Waals surface area contributed by atoms with Crippen LogP contribution in [0.3, 0.4) is 0 Å². The van der Waals surface area contributed by atoms with Gasteiger partial charge in [-0.2, -0.15) is 22.0 Å². The Morgan fingerprint density at radius 2 is 1.41 bits per heavy atom. The molecule has 2 atom stereocenters. The number of ether oxygens (including phenoxy) is 2. The van der Waals surface area contributed by atoms with Crippen molar-refractivity contribution in [2.75, 3.05) is 0 Å². The van der Waals surface area contributed by atoms with E-state index in [9.17, 15) is 36.6 Å². The van der Waals surface area contributed by atoms with E-state index in [0.29, 0.717) is 0 Å². The van der Waals surface area contributed by atoms with Crippen LogP contribution in [-0.2, 0) is 19.1 Å². The molecule has 10 heteroatoms. The minimum atomic E-state index is -6.37. The lowest BCUT2D eigenvalue weighted by atomic mass is 9.94. The summed E-state index contributed by atoms with van der Waals surface area (Å²) in [5, 5.41) is 9.59.